The summed E-state index contributed by atoms with van der Waals surface area (Å²) >= 11 is 3.11. The quantitative estimate of drug-likeness (QED) is 0.638. The fourth-order valence-electron chi connectivity index (χ4n) is 2.99. The Bertz CT molecular complexity index is 763. The second kappa shape index (κ2) is 10.4. The molecule has 0 spiro atoms. The lowest BCUT2D eigenvalue weighted by Crippen LogP contribution is -2.32. The van der Waals surface area contributed by atoms with Crippen LogP contribution < -0.4 is 5.48 Å². The minimum Gasteiger partial charge on any atom is -0.376 e. The van der Waals surface area contributed by atoms with Crippen molar-refractivity contribution in [2.45, 2.75) is 44.6 Å². The third-order valence-corrected chi connectivity index (χ3v) is 5.26. The molecule has 0 amide bonds. The van der Waals surface area contributed by atoms with Crippen molar-refractivity contribution in [3.63, 3.8) is 0 Å². The summed E-state index contributed by atoms with van der Waals surface area (Å²) in [5.41, 5.74) is 4.27. The number of hydroxylamine groups is 1. The van der Waals surface area contributed by atoms with Crippen molar-refractivity contribution in [2.24, 2.45) is 0 Å². The molecule has 3 unspecified atom stereocenters. The monoisotopic (exact) mass is 455 g/mol. The smallest absolute Gasteiger partial charge is 0.140 e. The number of rotatable bonds is 5. The first-order valence-corrected chi connectivity index (χ1v) is 10.1. The number of nitrogens with one attached hydrogen (secondary N) is 1. The maximum absolute atomic E-state index is 14.3. The van der Waals surface area contributed by atoms with Gasteiger partial charge in [0.1, 0.15) is 17.7 Å². The topological polar surface area (TPSA) is 39.7 Å². The summed E-state index contributed by atoms with van der Waals surface area (Å²) in [7, 11) is 0. The van der Waals surface area contributed by atoms with E-state index in [-0.39, 0.29) is 28.9 Å². The van der Waals surface area contributed by atoms with Crippen molar-refractivity contribution in [3.8, 4) is 0 Å². The molecule has 3 atom stereocenters. The van der Waals surface area contributed by atoms with Crippen LogP contribution in [-0.4, -0.2) is 25.4 Å². The second-order valence-electron chi connectivity index (χ2n) is 6.92. The molecular formula is C21H24BrF2NO3. The lowest BCUT2D eigenvalue weighted by atomic mass is 10.1. The van der Waals surface area contributed by atoms with Gasteiger partial charge < -0.3 is 9.47 Å². The van der Waals surface area contributed by atoms with Gasteiger partial charge >= 0.3 is 0 Å². The molecule has 1 aliphatic heterocycles. The fourth-order valence-corrected chi connectivity index (χ4v) is 3.35. The second-order valence-corrected chi connectivity index (χ2v) is 7.77. The van der Waals surface area contributed by atoms with Crippen molar-refractivity contribution in [3.05, 3.63) is 69.7 Å². The fraction of sp³-hybridized carbons (Fsp3) is 0.429. The van der Waals surface area contributed by atoms with Gasteiger partial charge in [-0.05, 0) is 47.3 Å². The standard InChI is InChI=1S/C21H24BrF2NO3/c1-14-7-8-16(12-26-11-15-5-3-2-4-6-15)28-25-21(13-27-14)17-9-18(22)20(24)10-19(17)23/h2-6,9-10,14,16,21,25H,7-8,11-13H2,1H3. The van der Waals surface area contributed by atoms with Crippen molar-refractivity contribution in [1.82, 2.24) is 5.48 Å². The molecule has 152 valence electrons. The van der Waals surface area contributed by atoms with Gasteiger partial charge in [-0.1, -0.05) is 30.3 Å². The van der Waals surface area contributed by atoms with E-state index < -0.39 is 17.7 Å². The van der Waals surface area contributed by atoms with E-state index in [0.29, 0.717) is 13.2 Å². The molecule has 0 aliphatic carbocycles. The summed E-state index contributed by atoms with van der Waals surface area (Å²) in [6.07, 6.45) is 1.33. The van der Waals surface area contributed by atoms with Crippen LogP contribution in [0.4, 0.5) is 8.78 Å². The molecule has 1 N–H and O–H groups in total. The Morgan fingerprint density at radius 3 is 2.71 bits per heavy atom. The van der Waals surface area contributed by atoms with Gasteiger partial charge in [-0.2, -0.15) is 5.48 Å². The Labute approximate surface area is 172 Å². The number of hydrogen-bond donors (Lipinski definition) is 1. The van der Waals surface area contributed by atoms with E-state index in [0.717, 1.165) is 24.5 Å². The molecule has 0 saturated carbocycles. The molecule has 0 bridgehead atoms. The highest BCUT2D eigenvalue weighted by Crippen LogP contribution is 2.26. The van der Waals surface area contributed by atoms with Crippen LogP contribution in [0, 0.1) is 11.6 Å². The van der Waals surface area contributed by atoms with Gasteiger partial charge in [0.25, 0.3) is 0 Å². The zero-order chi connectivity index (χ0) is 19.9. The first kappa shape index (κ1) is 21.3. The number of benzene rings is 2. The predicted octanol–water partition coefficient (Wildman–Crippen LogP) is 5.07. The third-order valence-electron chi connectivity index (χ3n) is 4.65. The van der Waals surface area contributed by atoms with E-state index in [4.69, 9.17) is 14.3 Å². The highest BCUT2D eigenvalue weighted by molar-refractivity contribution is 9.10. The molecule has 0 aromatic heterocycles. The van der Waals surface area contributed by atoms with Gasteiger partial charge in [-0.3, -0.25) is 4.84 Å². The maximum atomic E-state index is 14.3. The summed E-state index contributed by atoms with van der Waals surface area (Å²) < 4.78 is 39.7. The number of ether oxygens (including phenoxy) is 2. The third kappa shape index (κ3) is 6.06. The molecule has 1 saturated heterocycles. The molecule has 4 nitrogen and oxygen atoms in total. The molecule has 3 rings (SSSR count). The van der Waals surface area contributed by atoms with Crippen LogP contribution in [0.2, 0.25) is 0 Å². The molecular weight excluding hydrogens is 432 g/mol. The van der Waals surface area contributed by atoms with Crippen LogP contribution in [0.15, 0.2) is 46.9 Å². The first-order valence-electron chi connectivity index (χ1n) is 9.32. The van der Waals surface area contributed by atoms with Crippen molar-refractivity contribution >= 4 is 15.9 Å². The average molecular weight is 456 g/mol. The largest absolute Gasteiger partial charge is 0.376 e. The van der Waals surface area contributed by atoms with E-state index in [9.17, 15) is 8.78 Å². The lowest BCUT2D eigenvalue weighted by molar-refractivity contribution is -0.0885. The van der Waals surface area contributed by atoms with Gasteiger partial charge in [-0.15, -0.1) is 0 Å². The van der Waals surface area contributed by atoms with E-state index in [2.05, 4.69) is 21.4 Å². The predicted molar refractivity (Wildman–Crippen MR) is 106 cm³/mol. The van der Waals surface area contributed by atoms with Crippen LogP contribution in [-0.2, 0) is 20.9 Å². The van der Waals surface area contributed by atoms with Gasteiger partial charge in [0.05, 0.1) is 36.4 Å². The molecule has 1 heterocycles. The molecule has 1 fully saturated rings. The highest BCUT2D eigenvalue weighted by atomic mass is 79.9. The normalized spacial score (nSPS) is 23.6. The Balaban J connectivity index is 1.63. The van der Waals surface area contributed by atoms with Crippen LogP contribution in [0.25, 0.3) is 0 Å². The molecule has 1 aliphatic rings. The Kier molecular flexibility index (Phi) is 7.93. The minimum absolute atomic E-state index is 0.00502. The van der Waals surface area contributed by atoms with Gasteiger partial charge in [-0.25, -0.2) is 8.78 Å². The minimum atomic E-state index is -0.647. The van der Waals surface area contributed by atoms with Crippen molar-refractivity contribution in [1.29, 1.82) is 0 Å². The first-order chi connectivity index (χ1) is 13.5. The van der Waals surface area contributed by atoms with Crippen LogP contribution in [0.3, 0.4) is 0 Å². The molecule has 28 heavy (non-hydrogen) atoms. The lowest BCUT2D eigenvalue weighted by Gasteiger charge is -2.22. The Morgan fingerprint density at radius 1 is 1.14 bits per heavy atom. The van der Waals surface area contributed by atoms with E-state index >= 15 is 0 Å². The Morgan fingerprint density at radius 2 is 1.93 bits per heavy atom. The summed E-state index contributed by atoms with van der Waals surface area (Å²) in [5.74, 6) is -1.29. The maximum Gasteiger partial charge on any atom is 0.140 e. The highest BCUT2D eigenvalue weighted by Gasteiger charge is 2.24. The molecule has 2 aromatic carbocycles. The summed E-state index contributed by atoms with van der Waals surface area (Å²) in [5, 5.41) is 0. The SMILES string of the molecule is CC1CCC(COCc2ccccc2)ONC(c2cc(Br)c(F)cc2F)CO1. The summed E-state index contributed by atoms with van der Waals surface area (Å²) in [6.45, 7) is 3.08. The number of hydrogen-bond acceptors (Lipinski definition) is 4. The zero-order valence-electron chi connectivity index (χ0n) is 15.7. The zero-order valence-corrected chi connectivity index (χ0v) is 17.3. The molecule has 7 heteroatoms. The van der Waals surface area contributed by atoms with E-state index in [1.54, 1.807) is 0 Å². The van der Waals surface area contributed by atoms with Gasteiger partial charge in [0.15, 0.2) is 0 Å². The van der Waals surface area contributed by atoms with E-state index in [1.165, 1.54) is 6.07 Å². The van der Waals surface area contributed by atoms with Crippen molar-refractivity contribution < 1.29 is 23.1 Å². The average Bonchev–Trinajstić information content (AvgIpc) is 2.77. The van der Waals surface area contributed by atoms with E-state index in [1.807, 2.05) is 37.3 Å². The van der Waals surface area contributed by atoms with Crippen LogP contribution in [0.1, 0.15) is 36.9 Å². The van der Waals surface area contributed by atoms with Crippen LogP contribution >= 0.6 is 15.9 Å². The van der Waals surface area contributed by atoms with Crippen LogP contribution in [0.5, 0.6) is 0 Å². The van der Waals surface area contributed by atoms with Crippen molar-refractivity contribution in [2.75, 3.05) is 13.2 Å². The van der Waals surface area contributed by atoms with Gasteiger partial charge in [0, 0.05) is 11.6 Å². The Hall–Kier alpha value is -1.38. The number of halogens is 3. The summed E-state index contributed by atoms with van der Waals surface area (Å²) in [6, 6.07) is 11.6. The van der Waals surface area contributed by atoms with Gasteiger partial charge in [0.2, 0.25) is 0 Å². The molecule has 2 aromatic rings. The summed E-state index contributed by atoms with van der Waals surface area (Å²) in [4.78, 5) is 5.81. The molecule has 0 radical (unpaired) electrons.